The van der Waals surface area contributed by atoms with Gasteiger partial charge >= 0.3 is 0 Å². The number of hydrogen-bond donors (Lipinski definition) is 2. The summed E-state index contributed by atoms with van der Waals surface area (Å²) >= 11 is 6.15. The molecule has 170 valence electrons. The Kier molecular flexibility index (Phi) is 5.90. The van der Waals surface area contributed by atoms with Gasteiger partial charge in [0.1, 0.15) is 6.42 Å². The van der Waals surface area contributed by atoms with E-state index in [2.05, 4.69) is 16.7 Å². The summed E-state index contributed by atoms with van der Waals surface area (Å²) in [6.07, 6.45) is 2.62. The van der Waals surface area contributed by atoms with Crippen molar-refractivity contribution in [1.29, 1.82) is 0 Å². The highest BCUT2D eigenvalue weighted by Gasteiger charge is 2.34. The van der Waals surface area contributed by atoms with E-state index in [0.29, 0.717) is 22.8 Å². The number of amides is 3. The maximum Gasteiger partial charge on any atom is 0.237 e. The SMILES string of the molecule is O=C1CC(=O)N(c2ccc(NC(=O)Cc3ccccc3Cl)cc2)C2CC=c3ccccc3=C2N1. The number of rotatable bonds is 4. The molecule has 34 heavy (non-hydrogen) atoms. The first-order valence-electron chi connectivity index (χ1n) is 11.0. The van der Waals surface area contributed by atoms with Gasteiger partial charge < -0.3 is 15.5 Å². The van der Waals surface area contributed by atoms with E-state index in [-0.39, 0.29) is 36.6 Å². The van der Waals surface area contributed by atoms with E-state index < -0.39 is 0 Å². The summed E-state index contributed by atoms with van der Waals surface area (Å²) in [5, 5.41) is 8.35. The maximum atomic E-state index is 13.0. The van der Waals surface area contributed by atoms with Crippen molar-refractivity contribution in [2.45, 2.75) is 25.3 Å². The molecular weight excluding hydrogens is 450 g/mol. The van der Waals surface area contributed by atoms with Gasteiger partial charge in [0, 0.05) is 27.3 Å². The zero-order chi connectivity index (χ0) is 23.7. The highest BCUT2D eigenvalue weighted by Crippen LogP contribution is 2.28. The highest BCUT2D eigenvalue weighted by atomic mass is 35.5. The molecule has 7 heteroatoms. The standard InChI is InChI=1S/C27H22ClN3O3/c28-22-8-4-2-6-18(22)15-24(32)29-19-10-12-20(13-11-19)31-23-14-9-17-5-1-3-7-21(17)27(23)30-25(33)16-26(31)34/h1-13,23H,14-16H2,(H,29,32)(H,30,33). The highest BCUT2D eigenvalue weighted by molar-refractivity contribution is 6.31. The van der Waals surface area contributed by atoms with Crippen molar-refractivity contribution in [1.82, 2.24) is 5.32 Å². The Labute approximate surface area is 201 Å². The Morgan fingerprint density at radius 1 is 1.00 bits per heavy atom. The van der Waals surface area contributed by atoms with Crippen LogP contribution in [0.4, 0.5) is 11.4 Å². The lowest BCUT2D eigenvalue weighted by Gasteiger charge is -2.32. The number of anilines is 2. The first-order chi connectivity index (χ1) is 16.5. The second kappa shape index (κ2) is 9.15. The van der Waals surface area contributed by atoms with E-state index in [1.807, 2.05) is 42.5 Å². The third kappa shape index (κ3) is 4.32. The number of nitrogens with zero attached hydrogens (tertiary/aromatic N) is 1. The number of halogens is 1. The van der Waals surface area contributed by atoms with Crippen molar-refractivity contribution in [3.8, 4) is 0 Å². The lowest BCUT2D eigenvalue weighted by Crippen LogP contribution is -2.47. The summed E-state index contributed by atoms with van der Waals surface area (Å²) in [7, 11) is 0. The van der Waals surface area contributed by atoms with Crippen LogP contribution >= 0.6 is 11.6 Å². The second-order valence-electron chi connectivity index (χ2n) is 8.31. The van der Waals surface area contributed by atoms with Gasteiger partial charge in [0.15, 0.2) is 0 Å². The predicted octanol–water partition coefficient (Wildman–Crippen LogP) is 2.74. The van der Waals surface area contributed by atoms with Crippen LogP contribution in [0.3, 0.4) is 0 Å². The Balaban J connectivity index is 1.40. The predicted molar refractivity (Wildman–Crippen MR) is 132 cm³/mol. The van der Waals surface area contributed by atoms with Crippen molar-refractivity contribution in [2.24, 2.45) is 0 Å². The van der Waals surface area contributed by atoms with Gasteiger partial charge in [-0.1, -0.05) is 60.1 Å². The molecule has 0 saturated carbocycles. The van der Waals surface area contributed by atoms with Crippen LogP contribution in [-0.4, -0.2) is 23.8 Å². The molecule has 5 rings (SSSR count). The van der Waals surface area contributed by atoms with Crippen LogP contribution in [0, 0.1) is 0 Å². The number of nitrogens with one attached hydrogen (secondary N) is 2. The van der Waals surface area contributed by atoms with E-state index in [1.165, 1.54) is 0 Å². The maximum absolute atomic E-state index is 13.0. The van der Waals surface area contributed by atoms with Gasteiger partial charge in [-0.2, -0.15) is 0 Å². The van der Waals surface area contributed by atoms with E-state index in [1.54, 1.807) is 35.2 Å². The van der Waals surface area contributed by atoms with Crippen molar-refractivity contribution in [2.75, 3.05) is 10.2 Å². The molecule has 3 aromatic carbocycles. The minimum Gasteiger partial charge on any atom is -0.327 e. The Morgan fingerprint density at radius 2 is 1.74 bits per heavy atom. The third-order valence-corrected chi connectivity index (χ3v) is 6.42. The monoisotopic (exact) mass is 471 g/mol. The van der Waals surface area contributed by atoms with Gasteiger partial charge in [-0.15, -0.1) is 0 Å². The minimum absolute atomic E-state index is 0.162. The van der Waals surface area contributed by atoms with Gasteiger partial charge in [0.25, 0.3) is 0 Å². The zero-order valence-corrected chi connectivity index (χ0v) is 19.0. The summed E-state index contributed by atoms with van der Waals surface area (Å²) in [6.45, 7) is 0. The minimum atomic E-state index is -0.312. The normalized spacial score (nSPS) is 17.1. The molecule has 1 heterocycles. The summed E-state index contributed by atoms with van der Waals surface area (Å²) < 4.78 is 0. The molecule has 1 fully saturated rings. The van der Waals surface area contributed by atoms with E-state index in [4.69, 9.17) is 11.6 Å². The van der Waals surface area contributed by atoms with Crippen molar-refractivity contribution < 1.29 is 14.4 Å². The summed E-state index contributed by atoms with van der Waals surface area (Å²) in [4.78, 5) is 39.6. The van der Waals surface area contributed by atoms with E-state index >= 15 is 0 Å². The molecule has 1 unspecified atom stereocenters. The van der Waals surface area contributed by atoms with Gasteiger partial charge in [0.05, 0.1) is 12.5 Å². The van der Waals surface area contributed by atoms with Crippen molar-refractivity contribution >= 4 is 52.5 Å². The molecule has 1 saturated heterocycles. The molecule has 1 atom stereocenters. The van der Waals surface area contributed by atoms with Crippen LogP contribution in [0.15, 0.2) is 72.8 Å². The molecular formula is C27H22ClN3O3. The molecule has 0 aromatic heterocycles. The number of carbonyl (C=O) groups excluding carboxylic acids is 3. The molecule has 0 radical (unpaired) electrons. The largest absolute Gasteiger partial charge is 0.327 e. The fourth-order valence-electron chi connectivity index (χ4n) is 4.48. The Morgan fingerprint density at radius 3 is 2.53 bits per heavy atom. The fraction of sp³-hybridized carbons (Fsp3) is 0.148. The smallest absolute Gasteiger partial charge is 0.237 e. The quantitative estimate of drug-likeness (QED) is 0.574. The summed E-state index contributed by atoms with van der Waals surface area (Å²) in [5.41, 5.74) is 2.77. The van der Waals surface area contributed by atoms with Crippen LogP contribution < -0.4 is 26.0 Å². The van der Waals surface area contributed by atoms with Crippen LogP contribution in [0.5, 0.6) is 0 Å². The molecule has 1 aliphatic carbocycles. The van der Waals surface area contributed by atoms with Crippen LogP contribution in [-0.2, 0) is 20.8 Å². The molecule has 0 spiro atoms. The van der Waals surface area contributed by atoms with E-state index in [9.17, 15) is 14.4 Å². The van der Waals surface area contributed by atoms with E-state index in [0.717, 1.165) is 21.7 Å². The van der Waals surface area contributed by atoms with Crippen LogP contribution in [0.1, 0.15) is 18.4 Å². The number of benzene rings is 3. The average molecular weight is 472 g/mol. The Hall–Kier alpha value is -3.90. The molecule has 2 N–H and O–H groups in total. The average Bonchev–Trinajstić information content (AvgIpc) is 2.95. The molecule has 1 aliphatic heterocycles. The molecule has 2 aliphatic rings. The lowest BCUT2D eigenvalue weighted by molar-refractivity contribution is -0.126. The first kappa shape index (κ1) is 21.9. The van der Waals surface area contributed by atoms with Crippen LogP contribution in [0.25, 0.3) is 11.8 Å². The molecule has 3 aromatic rings. The first-order valence-corrected chi connectivity index (χ1v) is 11.4. The van der Waals surface area contributed by atoms with Gasteiger partial charge in [-0.25, -0.2) is 0 Å². The molecule has 0 bridgehead atoms. The third-order valence-electron chi connectivity index (χ3n) is 6.05. The van der Waals surface area contributed by atoms with Gasteiger partial charge in [0.2, 0.25) is 17.7 Å². The number of fused-ring (bicyclic) bond motifs is 2. The number of carbonyl (C=O) groups is 3. The van der Waals surface area contributed by atoms with Crippen molar-refractivity contribution in [3.63, 3.8) is 0 Å². The lowest BCUT2D eigenvalue weighted by atomic mass is 9.98. The van der Waals surface area contributed by atoms with Crippen molar-refractivity contribution in [3.05, 3.63) is 93.8 Å². The summed E-state index contributed by atoms with van der Waals surface area (Å²) in [6, 6.07) is 21.9. The van der Waals surface area contributed by atoms with Gasteiger partial charge in [-0.05, 0) is 47.5 Å². The zero-order valence-electron chi connectivity index (χ0n) is 18.3. The Bertz CT molecular complexity index is 1420. The van der Waals surface area contributed by atoms with Gasteiger partial charge in [-0.3, -0.25) is 14.4 Å². The second-order valence-corrected chi connectivity index (χ2v) is 8.72. The molecule has 6 nitrogen and oxygen atoms in total. The van der Waals surface area contributed by atoms with Crippen LogP contribution in [0.2, 0.25) is 5.02 Å². The summed E-state index contributed by atoms with van der Waals surface area (Å²) in [5.74, 6) is -0.760. The molecule has 3 amide bonds. The number of hydrogen-bond acceptors (Lipinski definition) is 3. The topological polar surface area (TPSA) is 78.5 Å². The fourth-order valence-corrected chi connectivity index (χ4v) is 4.68.